The molecular formula is C18H14N2O3S3. The van der Waals surface area contributed by atoms with Crippen molar-refractivity contribution >= 4 is 47.1 Å². The number of hydrogen-bond donors (Lipinski definition) is 0. The van der Waals surface area contributed by atoms with E-state index >= 15 is 0 Å². The summed E-state index contributed by atoms with van der Waals surface area (Å²) < 4.78 is 8.27. The Morgan fingerprint density at radius 1 is 1.12 bits per heavy atom. The zero-order chi connectivity index (χ0) is 18.5. The number of aromatic nitrogens is 2. The van der Waals surface area contributed by atoms with Crippen molar-refractivity contribution in [3.05, 3.63) is 69.7 Å². The minimum absolute atomic E-state index is 0.242. The third-order valence-corrected chi connectivity index (χ3v) is 5.69. The van der Waals surface area contributed by atoms with Gasteiger partial charge in [-0.3, -0.25) is 4.79 Å². The zero-order valence-electron chi connectivity index (χ0n) is 13.7. The summed E-state index contributed by atoms with van der Waals surface area (Å²) in [5.74, 6) is -0.790. The highest BCUT2D eigenvalue weighted by Gasteiger charge is 2.12. The Kier molecular flexibility index (Phi) is 5.97. The van der Waals surface area contributed by atoms with Gasteiger partial charge in [-0.2, -0.15) is 0 Å². The number of ketones is 1. The summed E-state index contributed by atoms with van der Waals surface area (Å²) in [6, 6.07) is 15.5. The lowest BCUT2D eigenvalue weighted by molar-refractivity contribution is 0.0475. The number of hydrogen-bond acceptors (Lipinski definition) is 7. The van der Waals surface area contributed by atoms with Crippen LogP contribution in [0.4, 0.5) is 0 Å². The average molecular weight is 403 g/mol. The lowest BCUT2D eigenvalue weighted by Crippen LogP contribution is -2.14. The SMILES string of the molecule is CSc1nn(-c2ccc(C(=O)OCC(=O)c3ccccc3)cc2)c(=S)s1. The molecule has 2 aromatic carbocycles. The maximum Gasteiger partial charge on any atom is 0.338 e. The quantitative estimate of drug-likeness (QED) is 0.263. The Labute approximate surface area is 163 Å². The second kappa shape index (κ2) is 8.39. The van der Waals surface area contributed by atoms with Crippen LogP contribution in [0.1, 0.15) is 20.7 Å². The van der Waals surface area contributed by atoms with Gasteiger partial charge in [0.05, 0.1) is 11.3 Å². The molecule has 0 N–H and O–H groups in total. The number of rotatable bonds is 6. The van der Waals surface area contributed by atoms with Crippen LogP contribution in [0.25, 0.3) is 5.69 Å². The number of carbonyl (C=O) groups excluding carboxylic acids is 2. The van der Waals surface area contributed by atoms with Crippen LogP contribution in [-0.2, 0) is 4.74 Å². The van der Waals surface area contributed by atoms with Crippen LogP contribution >= 0.6 is 35.3 Å². The molecule has 0 aliphatic heterocycles. The number of ether oxygens (including phenoxy) is 1. The Hall–Kier alpha value is -2.29. The lowest BCUT2D eigenvalue weighted by atomic mass is 10.1. The highest BCUT2D eigenvalue weighted by atomic mass is 32.2. The van der Waals surface area contributed by atoms with Crippen molar-refractivity contribution in [1.82, 2.24) is 9.78 Å². The van der Waals surface area contributed by atoms with Gasteiger partial charge >= 0.3 is 5.97 Å². The average Bonchev–Trinajstić information content (AvgIpc) is 3.07. The molecule has 3 rings (SSSR count). The molecule has 0 saturated heterocycles. The lowest BCUT2D eigenvalue weighted by Gasteiger charge is -2.06. The van der Waals surface area contributed by atoms with Crippen LogP contribution in [0, 0.1) is 3.95 Å². The van der Waals surface area contributed by atoms with Crippen LogP contribution < -0.4 is 0 Å². The van der Waals surface area contributed by atoms with E-state index in [1.54, 1.807) is 53.2 Å². The van der Waals surface area contributed by atoms with Gasteiger partial charge in [-0.15, -0.1) is 5.10 Å². The van der Waals surface area contributed by atoms with Crippen LogP contribution in [0.15, 0.2) is 58.9 Å². The molecule has 0 unspecified atom stereocenters. The Bertz CT molecular complexity index is 979. The molecule has 0 aliphatic rings. The number of thioether (sulfide) groups is 1. The largest absolute Gasteiger partial charge is 0.454 e. The first kappa shape index (κ1) is 18.5. The van der Waals surface area contributed by atoms with E-state index in [0.29, 0.717) is 15.1 Å². The predicted octanol–water partition coefficient (Wildman–Crippen LogP) is 4.42. The monoisotopic (exact) mass is 402 g/mol. The van der Waals surface area contributed by atoms with E-state index in [4.69, 9.17) is 17.0 Å². The Balaban J connectivity index is 1.66. The number of carbonyl (C=O) groups is 2. The fraction of sp³-hybridized carbons (Fsp3) is 0.111. The van der Waals surface area contributed by atoms with Crippen molar-refractivity contribution in [2.75, 3.05) is 12.9 Å². The maximum atomic E-state index is 12.1. The Morgan fingerprint density at radius 2 is 1.81 bits per heavy atom. The van der Waals surface area contributed by atoms with Gasteiger partial charge in [0.1, 0.15) is 0 Å². The number of benzene rings is 2. The van der Waals surface area contributed by atoms with Crippen LogP contribution in [0.3, 0.4) is 0 Å². The maximum absolute atomic E-state index is 12.1. The summed E-state index contributed by atoms with van der Waals surface area (Å²) in [7, 11) is 0. The van der Waals surface area contributed by atoms with Crippen molar-refractivity contribution in [3.8, 4) is 5.69 Å². The molecule has 5 nitrogen and oxygen atoms in total. The molecule has 8 heteroatoms. The molecule has 0 aliphatic carbocycles. The molecule has 1 aromatic heterocycles. The van der Waals surface area contributed by atoms with E-state index in [1.165, 1.54) is 23.1 Å². The van der Waals surface area contributed by atoms with Gasteiger partial charge in [0.25, 0.3) is 0 Å². The van der Waals surface area contributed by atoms with E-state index in [2.05, 4.69) is 5.10 Å². The van der Waals surface area contributed by atoms with Crippen LogP contribution in [-0.4, -0.2) is 34.4 Å². The van der Waals surface area contributed by atoms with E-state index in [1.807, 2.05) is 12.3 Å². The van der Waals surface area contributed by atoms with Crippen molar-refractivity contribution < 1.29 is 14.3 Å². The highest BCUT2D eigenvalue weighted by molar-refractivity contribution is 8.00. The van der Waals surface area contributed by atoms with E-state index in [-0.39, 0.29) is 12.4 Å². The smallest absolute Gasteiger partial charge is 0.338 e. The third-order valence-electron chi connectivity index (χ3n) is 3.48. The second-order valence-corrected chi connectivity index (χ2v) is 7.84. The Morgan fingerprint density at radius 3 is 2.42 bits per heavy atom. The molecule has 0 radical (unpaired) electrons. The first-order valence-corrected chi connectivity index (χ1v) is 10.0. The van der Waals surface area contributed by atoms with Gasteiger partial charge in [-0.1, -0.05) is 53.4 Å². The molecule has 0 saturated carbocycles. The molecule has 0 amide bonds. The van der Waals surface area contributed by atoms with Gasteiger partial charge in [0, 0.05) is 5.56 Å². The molecule has 3 aromatic rings. The highest BCUT2D eigenvalue weighted by Crippen LogP contribution is 2.22. The fourth-order valence-corrected chi connectivity index (χ4v) is 3.95. The molecular weight excluding hydrogens is 388 g/mol. The zero-order valence-corrected chi connectivity index (χ0v) is 16.2. The van der Waals surface area contributed by atoms with Crippen molar-refractivity contribution in [3.63, 3.8) is 0 Å². The van der Waals surface area contributed by atoms with Gasteiger partial charge in [0.2, 0.25) is 0 Å². The first-order chi connectivity index (χ1) is 12.6. The molecule has 26 heavy (non-hydrogen) atoms. The van der Waals surface area contributed by atoms with Gasteiger partial charge in [0.15, 0.2) is 20.7 Å². The number of Topliss-reactive ketones (excluding diaryl/α,β-unsaturated/α-hetero) is 1. The van der Waals surface area contributed by atoms with E-state index in [0.717, 1.165) is 10.0 Å². The van der Waals surface area contributed by atoms with Crippen molar-refractivity contribution in [2.45, 2.75) is 4.34 Å². The van der Waals surface area contributed by atoms with E-state index < -0.39 is 5.97 Å². The number of esters is 1. The molecule has 0 bridgehead atoms. The van der Waals surface area contributed by atoms with Gasteiger partial charge in [-0.25, -0.2) is 9.48 Å². The second-order valence-electron chi connectivity index (χ2n) is 5.16. The third kappa shape index (κ3) is 4.27. The minimum atomic E-state index is -0.549. The summed E-state index contributed by atoms with van der Waals surface area (Å²) in [6.07, 6.45) is 1.94. The van der Waals surface area contributed by atoms with Crippen molar-refractivity contribution in [1.29, 1.82) is 0 Å². The summed E-state index contributed by atoms with van der Waals surface area (Å²) in [4.78, 5) is 24.1. The summed E-state index contributed by atoms with van der Waals surface area (Å²) in [5, 5.41) is 4.40. The first-order valence-electron chi connectivity index (χ1n) is 7.58. The molecule has 132 valence electrons. The number of nitrogens with zero attached hydrogens (tertiary/aromatic N) is 2. The molecule has 0 atom stereocenters. The van der Waals surface area contributed by atoms with Crippen LogP contribution in [0.2, 0.25) is 0 Å². The van der Waals surface area contributed by atoms with Crippen molar-refractivity contribution in [2.24, 2.45) is 0 Å². The molecule has 1 heterocycles. The summed E-state index contributed by atoms with van der Waals surface area (Å²) in [6.45, 7) is -0.293. The van der Waals surface area contributed by atoms with Crippen LogP contribution in [0.5, 0.6) is 0 Å². The minimum Gasteiger partial charge on any atom is -0.454 e. The normalized spacial score (nSPS) is 10.5. The predicted molar refractivity (Wildman–Crippen MR) is 105 cm³/mol. The standard InChI is InChI=1S/C18H14N2O3S3/c1-25-17-19-20(18(24)26-17)14-9-7-13(8-10-14)16(22)23-11-15(21)12-5-3-2-4-6-12/h2-10H,11H2,1H3. The summed E-state index contributed by atoms with van der Waals surface area (Å²) >= 11 is 8.26. The van der Waals surface area contributed by atoms with Gasteiger partial charge < -0.3 is 4.74 Å². The molecule has 0 fully saturated rings. The molecule has 0 spiro atoms. The van der Waals surface area contributed by atoms with Gasteiger partial charge in [-0.05, 0) is 42.7 Å². The van der Waals surface area contributed by atoms with E-state index in [9.17, 15) is 9.59 Å². The topological polar surface area (TPSA) is 61.2 Å². The summed E-state index contributed by atoms with van der Waals surface area (Å²) in [5.41, 5.74) is 1.64. The fourth-order valence-electron chi connectivity index (χ4n) is 2.17.